The number of piperidine rings is 1. The van der Waals surface area contributed by atoms with Crippen LogP contribution in [0.15, 0.2) is 48.5 Å². The number of rotatable bonds is 9. The van der Waals surface area contributed by atoms with E-state index in [0.717, 1.165) is 17.5 Å². The molecule has 0 bridgehead atoms. The van der Waals surface area contributed by atoms with Crippen molar-refractivity contribution in [1.82, 2.24) is 10.2 Å². The molecule has 186 valence electrons. The number of nitrogens with one attached hydrogen (secondary N) is 1. The topological polar surface area (TPSA) is 95.9 Å². The Kier molecular flexibility index (Phi) is 8.06. The molecule has 7 nitrogen and oxygen atoms in total. The first kappa shape index (κ1) is 24.8. The number of hydrogen-bond acceptors (Lipinski definition) is 4. The molecule has 0 radical (unpaired) electrons. The van der Waals surface area contributed by atoms with Crippen LogP contribution >= 0.6 is 0 Å². The van der Waals surface area contributed by atoms with Crippen molar-refractivity contribution in [2.75, 3.05) is 19.7 Å². The van der Waals surface area contributed by atoms with E-state index in [1.165, 1.54) is 11.1 Å². The number of carbonyl (C=O) groups is 3. The molecule has 2 aromatic rings. The molecule has 2 aromatic carbocycles. The number of benzene rings is 2. The van der Waals surface area contributed by atoms with Crippen molar-refractivity contribution >= 4 is 18.0 Å². The molecule has 1 aliphatic heterocycles. The number of alkyl carbamates (subject to hydrolysis) is 1. The van der Waals surface area contributed by atoms with Crippen LogP contribution in [0.5, 0.6) is 0 Å². The third kappa shape index (κ3) is 6.02. The normalized spacial score (nSPS) is 16.3. The van der Waals surface area contributed by atoms with Gasteiger partial charge >= 0.3 is 12.1 Å². The van der Waals surface area contributed by atoms with Crippen LogP contribution in [-0.2, 0) is 14.3 Å². The summed E-state index contributed by atoms with van der Waals surface area (Å²) in [6, 6.07) is 16.1. The van der Waals surface area contributed by atoms with Crippen LogP contribution < -0.4 is 5.32 Å². The summed E-state index contributed by atoms with van der Waals surface area (Å²) in [7, 11) is 0. The maximum Gasteiger partial charge on any atom is 0.407 e. The minimum Gasteiger partial charge on any atom is -0.481 e. The highest BCUT2D eigenvalue weighted by molar-refractivity contribution is 5.80. The second-order valence-electron chi connectivity index (χ2n) is 9.58. The van der Waals surface area contributed by atoms with Crippen LogP contribution in [-0.4, -0.2) is 53.7 Å². The van der Waals surface area contributed by atoms with E-state index in [4.69, 9.17) is 9.84 Å². The van der Waals surface area contributed by atoms with E-state index in [1.54, 1.807) is 4.90 Å². The molecule has 1 saturated heterocycles. The van der Waals surface area contributed by atoms with Crippen LogP contribution in [0.4, 0.5) is 4.79 Å². The van der Waals surface area contributed by atoms with Crippen molar-refractivity contribution in [2.24, 2.45) is 5.92 Å². The lowest BCUT2D eigenvalue weighted by atomic mass is 9.93. The standard InChI is InChI=1S/C28H34N2O5/c1-2-7-20(17-26(31)30-14-12-19(13-15-30)16-27(32)33)29-28(34)35-18-25-23-10-5-3-8-21(23)22-9-4-6-11-24(22)25/h3-6,8-11,19-20,25H,2,7,12-18H2,1H3,(H,29,34)(H,32,33)/t20-/m0/s1. The summed E-state index contributed by atoms with van der Waals surface area (Å²) in [4.78, 5) is 38.3. The molecule has 1 heterocycles. The Bertz CT molecular complexity index is 1020. The second-order valence-corrected chi connectivity index (χ2v) is 9.58. The number of fused-ring (bicyclic) bond motifs is 3. The van der Waals surface area contributed by atoms with Crippen molar-refractivity contribution in [3.8, 4) is 11.1 Å². The number of carbonyl (C=O) groups excluding carboxylic acids is 2. The number of aliphatic carboxylic acids is 1. The lowest BCUT2D eigenvalue weighted by Gasteiger charge is -2.32. The monoisotopic (exact) mass is 478 g/mol. The van der Waals surface area contributed by atoms with Gasteiger partial charge < -0.3 is 20.1 Å². The van der Waals surface area contributed by atoms with Crippen molar-refractivity contribution in [3.63, 3.8) is 0 Å². The zero-order valence-electron chi connectivity index (χ0n) is 20.2. The first-order valence-corrected chi connectivity index (χ1v) is 12.6. The predicted molar refractivity (Wildman–Crippen MR) is 133 cm³/mol. The van der Waals surface area contributed by atoms with Gasteiger partial charge in [0.15, 0.2) is 0 Å². The Labute approximate surface area is 206 Å². The number of carboxylic acids is 1. The molecule has 0 saturated carbocycles. The van der Waals surface area contributed by atoms with Gasteiger partial charge in [-0.05, 0) is 47.4 Å². The van der Waals surface area contributed by atoms with E-state index in [2.05, 4.69) is 29.6 Å². The SMILES string of the molecule is CCC[C@@H](CC(=O)N1CCC(CC(=O)O)CC1)NC(=O)OCC1c2ccccc2-c2ccccc21. The number of nitrogens with zero attached hydrogens (tertiary/aromatic N) is 1. The maximum atomic E-state index is 12.9. The maximum absolute atomic E-state index is 12.9. The molecular formula is C28H34N2O5. The Morgan fingerprint density at radius 2 is 1.63 bits per heavy atom. The number of carboxylic acid groups (broad SMARTS) is 1. The molecule has 4 rings (SSSR count). The summed E-state index contributed by atoms with van der Waals surface area (Å²) in [6.07, 6.45) is 2.81. The van der Waals surface area contributed by atoms with Gasteiger partial charge in [-0.1, -0.05) is 61.9 Å². The fourth-order valence-corrected chi connectivity index (χ4v) is 5.35. The molecule has 7 heteroatoms. The Morgan fingerprint density at radius 3 is 2.20 bits per heavy atom. The first-order valence-electron chi connectivity index (χ1n) is 12.6. The second kappa shape index (κ2) is 11.4. The van der Waals surface area contributed by atoms with Crippen LogP contribution in [0, 0.1) is 5.92 Å². The molecule has 0 unspecified atom stereocenters. The summed E-state index contributed by atoms with van der Waals surface area (Å²) < 4.78 is 5.66. The Hall–Kier alpha value is -3.35. The lowest BCUT2D eigenvalue weighted by molar-refractivity contribution is -0.138. The quantitative estimate of drug-likeness (QED) is 0.540. The van der Waals surface area contributed by atoms with E-state index in [9.17, 15) is 14.4 Å². The van der Waals surface area contributed by atoms with Gasteiger partial charge in [0.1, 0.15) is 6.61 Å². The summed E-state index contributed by atoms with van der Waals surface area (Å²) in [6.45, 7) is 3.40. The Morgan fingerprint density at radius 1 is 1.03 bits per heavy atom. The molecule has 1 fully saturated rings. The fraction of sp³-hybridized carbons (Fsp3) is 0.464. The zero-order valence-corrected chi connectivity index (χ0v) is 20.2. The molecule has 0 aromatic heterocycles. The van der Waals surface area contributed by atoms with E-state index in [-0.39, 0.29) is 43.2 Å². The largest absolute Gasteiger partial charge is 0.481 e. The van der Waals surface area contributed by atoms with Crippen molar-refractivity contribution in [3.05, 3.63) is 59.7 Å². The number of amides is 2. The smallest absolute Gasteiger partial charge is 0.407 e. The zero-order chi connectivity index (χ0) is 24.8. The summed E-state index contributed by atoms with van der Waals surface area (Å²) >= 11 is 0. The first-order chi connectivity index (χ1) is 17.0. The molecule has 0 spiro atoms. The molecule has 1 atom stereocenters. The highest BCUT2D eigenvalue weighted by Crippen LogP contribution is 2.44. The summed E-state index contributed by atoms with van der Waals surface area (Å²) in [5.74, 6) is -0.672. The Balaban J connectivity index is 1.30. The molecule has 2 aliphatic rings. The highest BCUT2D eigenvalue weighted by Gasteiger charge is 2.30. The van der Waals surface area contributed by atoms with Gasteiger partial charge in [-0.25, -0.2) is 4.79 Å². The van der Waals surface area contributed by atoms with Crippen LogP contribution in [0.1, 0.15) is 62.5 Å². The molecule has 2 amide bonds. The molecule has 1 aliphatic carbocycles. The number of ether oxygens (including phenoxy) is 1. The van der Waals surface area contributed by atoms with Crippen LogP contribution in [0.2, 0.25) is 0 Å². The fourth-order valence-electron chi connectivity index (χ4n) is 5.35. The van der Waals surface area contributed by atoms with E-state index in [1.807, 2.05) is 31.2 Å². The average molecular weight is 479 g/mol. The third-order valence-electron chi connectivity index (χ3n) is 7.15. The van der Waals surface area contributed by atoms with Crippen molar-refractivity contribution < 1.29 is 24.2 Å². The number of likely N-dealkylation sites (tertiary alicyclic amines) is 1. The van der Waals surface area contributed by atoms with Gasteiger partial charge in [-0.3, -0.25) is 9.59 Å². The van der Waals surface area contributed by atoms with E-state index >= 15 is 0 Å². The minimum atomic E-state index is -0.787. The summed E-state index contributed by atoms with van der Waals surface area (Å²) in [5.41, 5.74) is 4.68. The van der Waals surface area contributed by atoms with Gasteiger partial charge in [-0.2, -0.15) is 0 Å². The van der Waals surface area contributed by atoms with Gasteiger partial charge in [0.2, 0.25) is 5.91 Å². The van der Waals surface area contributed by atoms with Crippen LogP contribution in [0.25, 0.3) is 11.1 Å². The van der Waals surface area contributed by atoms with Gasteiger partial charge in [0, 0.05) is 37.9 Å². The molecule has 2 N–H and O–H groups in total. The molecular weight excluding hydrogens is 444 g/mol. The highest BCUT2D eigenvalue weighted by atomic mass is 16.5. The lowest BCUT2D eigenvalue weighted by Crippen LogP contribution is -2.44. The summed E-state index contributed by atoms with van der Waals surface area (Å²) in [5, 5.41) is 11.9. The predicted octanol–water partition coefficient (Wildman–Crippen LogP) is 4.80. The molecule has 35 heavy (non-hydrogen) atoms. The van der Waals surface area contributed by atoms with E-state index in [0.29, 0.717) is 32.4 Å². The average Bonchev–Trinajstić information content (AvgIpc) is 3.16. The van der Waals surface area contributed by atoms with Gasteiger partial charge in [0.05, 0.1) is 0 Å². The van der Waals surface area contributed by atoms with Crippen molar-refractivity contribution in [2.45, 2.75) is 57.4 Å². The minimum absolute atomic E-state index is 0.00354. The number of hydrogen-bond donors (Lipinski definition) is 2. The van der Waals surface area contributed by atoms with Crippen molar-refractivity contribution in [1.29, 1.82) is 0 Å². The third-order valence-corrected chi connectivity index (χ3v) is 7.15. The van der Waals surface area contributed by atoms with Gasteiger partial charge in [0.25, 0.3) is 0 Å². The van der Waals surface area contributed by atoms with E-state index < -0.39 is 12.1 Å². The van der Waals surface area contributed by atoms with Gasteiger partial charge in [-0.15, -0.1) is 0 Å². The van der Waals surface area contributed by atoms with Crippen LogP contribution in [0.3, 0.4) is 0 Å².